The van der Waals surface area contributed by atoms with Crippen molar-refractivity contribution < 1.29 is 19.4 Å². The van der Waals surface area contributed by atoms with Crippen molar-refractivity contribution in [2.24, 2.45) is 0 Å². The molecule has 1 amide bonds. The Balaban J connectivity index is 1.83. The van der Waals surface area contributed by atoms with Crippen LogP contribution in [-0.2, 0) is 22.4 Å². The number of hydrogen-bond donors (Lipinski definition) is 2. The van der Waals surface area contributed by atoms with E-state index in [1.54, 1.807) is 0 Å². The van der Waals surface area contributed by atoms with E-state index in [9.17, 15) is 9.59 Å². The van der Waals surface area contributed by atoms with Gasteiger partial charge in [0.15, 0.2) is 0 Å². The zero-order chi connectivity index (χ0) is 14.5. The molecule has 1 aliphatic rings. The topological polar surface area (TPSA) is 75.6 Å². The van der Waals surface area contributed by atoms with Gasteiger partial charge in [0, 0.05) is 18.9 Å². The number of aliphatic carboxylic acids is 1. The monoisotopic (exact) mass is 277 g/mol. The van der Waals surface area contributed by atoms with E-state index in [0.29, 0.717) is 19.4 Å². The Morgan fingerprint density at radius 3 is 3.00 bits per heavy atom. The first-order valence-electron chi connectivity index (χ1n) is 6.80. The van der Waals surface area contributed by atoms with Crippen molar-refractivity contribution in [2.45, 2.75) is 38.6 Å². The third-order valence-corrected chi connectivity index (χ3v) is 3.32. The Bertz CT molecular complexity index is 513. The number of ether oxygens (including phenoxy) is 1. The van der Waals surface area contributed by atoms with Gasteiger partial charge in [-0.2, -0.15) is 0 Å². The van der Waals surface area contributed by atoms with E-state index in [1.165, 1.54) is 0 Å². The van der Waals surface area contributed by atoms with Crippen LogP contribution in [0.25, 0.3) is 0 Å². The largest absolute Gasteiger partial charge is 0.493 e. The average Bonchev–Trinajstić information content (AvgIpc) is 2.83. The molecule has 0 saturated carbocycles. The number of rotatable bonds is 6. The maximum atomic E-state index is 11.9. The summed E-state index contributed by atoms with van der Waals surface area (Å²) in [5, 5.41) is 11.4. The lowest BCUT2D eigenvalue weighted by molar-refractivity contribution is -0.137. The Labute approximate surface area is 117 Å². The summed E-state index contributed by atoms with van der Waals surface area (Å²) in [6.45, 7) is 2.52. The van der Waals surface area contributed by atoms with Gasteiger partial charge in [0.2, 0.25) is 5.91 Å². The molecule has 0 aliphatic carbocycles. The van der Waals surface area contributed by atoms with Crippen LogP contribution in [0, 0.1) is 0 Å². The molecular formula is C15H19NO4. The highest BCUT2D eigenvalue weighted by molar-refractivity contribution is 5.79. The number of nitrogens with one attached hydrogen (secondary N) is 1. The highest BCUT2D eigenvalue weighted by atomic mass is 16.5. The van der Waals surface area contributed by atoms with Gasteiger partial charge < -0.3 is 15.2 Å². The molecule has 2 N–H and O–H groups in total. The summed E-state index contributed by atoms with van der Waals surface area (Å²) in [6, 6.07) is 5.67. The first-order chi connectivity index (χ1) is 9.54. The Morgan fingerprint density at radius 2 is 2.25 bits per heavy atom. The number of amides is 1. The summed E-state index contributed by atoms with van der Waals surface area (Å²) in [7, 11) is 0. The van der Waals surface area contributed by atoms with E-state index in [1.807, 2.05) is 25.1 Å². The maximum absolute atomic E-state index is 11.9. The molecule has 0 fully saturated rings. The molecule has 20 heavy (non-hydrogen) atoms. The fraction of sp³-hybridized carbons (Fsp3) is 0.467. The summed E-state index contributed by atoms with van der Waals surface area (Å²) in [5.41, 5.74) is 2.10. The standard InChI is InChI=1S/C15H19NO4/c1-10(2-5-15(18)19)16-14(17)9-11-3-4-13-12(8-11)6-7-20-13/h3-4,8,10H,2,5-7,9H2,1H3,(H,16,17)(H,18,19). The highest BCUT2D eigenvalue weighted by Gasteiger charge is 2.14. The molecule has 0 radical (unpaired) electrons. The number of benzene rings is 1. The van der Waals surface area contributed by atoms with Crippen molar-refractivity contribution in [2.75, 3.05) is 6.61 Å². The fourth-order valence-corrected chi connectivity index (χ4v) is 2.27. The van der Waals surface area contributed by atoms with Crippen LogP contribution < -0.4 is 10.1 Å². The van der Waals surface area contributed by atoms with Gasteiger partial charge in [-0.15, -0.1) is 0 Å². The van der Waals surface area contributed by atoms with Gasteiger partial charge in [-0.05, 0) is 30.5 Å². The number of fused-ring (bicyclic) bond motifs is 1. The molecule has 0 bridgehead atoms. The third-order valence-electron chi connectivity index (χ3n) is 3.32. The molecule has 1 atom stereocenters. The van der Waals surface area contributed by atoms with Crippen molar-refractivity contribution in [1.82, 2.24) is 5.32 Å². The van der Waals surface area contributed by atoms with Crippen LogP contribution in [0.5, 0.6) is 5.75 Å². The Kier molecular flexibility index (Phi) is 4.61. The highest BCUT2D eigenvalue weighted by Crippen LogP contribution is 2.25. The SMILES string of the molecule is CC(CCC(=O)O)NC(=O)Cc1ccc2c(c1)CCO2. The van der Waals surface area contributed by atoms with E-state index in [2.05, 4.69) is 5.32 Å². The molecule has 0 spiro atoms. The normalized spacial score (nSPS) is 14.2. The molecule has 0 aromatic heterocycles. The van der Waals surface area contributed by atoms with Crippen molar-refractivity contribution in [1.29, 1.82) is 0 Å². The van der Waals surface area contributed by atoms with Crippen molar-refractivity contribution in [3.8, 4) is 5.75 Å². The lowest BCUT2D eigenvalue weighted by Crippen LogP contribution is -2.34. The molecule has 1 aromatic carbocycles. The lowest BCUT2D eigenvalue weighted by Gasteiger charge is -2.13. The van der Waals surface area contributed by atoms with E-state index < -0.39 is 5.97 Å². The van der Waals surface area contributed by atoms with Crippen LogP contribution in [0.2, 0.25) is 0 Å². The summed E-state index contributed by atoms with van der Waals surface area (Å²) in [6.07, 6.45) is 1.71. The van der Waals surface area contributed by atoms with Crippen LogP contribution in [0.1, 0.15) is 30.9 Å². The predicted octanol–water partition coefficient (Wildman–Crippen LogP) is 1.53. The van der Waals surface area contributed by atoms with Crippen LogP contribution in [0.15, 0.2) is 18.2 Å². The summed E-state index contributed by atoms with van der Waals surface area (Å²) < 4.78 is 5.42. The van der Waals surface area contributed by atoms with Crippen molar-refractivity contribution >= 4 is 11.9 Å². The molecule has 0 saturated heterocycles. The molecule has 5 heteroatoms. The molecule has 2 rings (SSSR count). The smallest absolute Gasteiger partial charge is 0.303 e. The molecule has 1 aromatic rings. The molecule has 108 valence electrons. The number of carbonyl (C=O) groups is 2. The number of carbonyl (C=O) groups excluding carboxylic acids is 1. The third kappa shape index (κ3) is 3.98. The van der Waals surface area contributed by atoms with Gasteiger partial charge in [-0.3, -0.25) is 9.59 Å². The quantitative estimate of drug-likeness (QED) is 0.827. The van der Waals surface area contributed by atoms with Gasteiger partial charge in [-0.25, -0.2) is 0 Å². The van der Waals surface area contributed by atoms with Gasteiger partial charge in [0.1, 0.15) is 5.75 Å². The Hall–Kier alpha value is -2.04. The lowest BCUT2D eigenvalue weighted by atomic mass is 10.1. The number of carboxylic acid groups (broad SMARTS) is 1. The first kappa shape index (κ1) is 14.4. The van der Waals surface area contributed by atoms with Gasteiger partial charge in [-0.1, -0.05) is 12.1 Å². The minimum Gasteiger partial charge on any atom is -0.493 e. The van der Waals surface area contributed by atoms with Gasteiger partial charge in [0.25, 0.3) is 0 Å². The zero-order valence-corrected chi connectivity index (χ0v) is 11.5. The van der Waals surface area contributed by atoms with Crippen LogP contribution in [0.4, 0.5) is 0 Å². The predicted molar refractivity (Wildman–Crippen MR) is 73.8 cm³/mol. The van der Waals surface area contributed by atoms with Crippen molar-refractivity contribution in [3.05, 3.63) is 29.3 Å². The summed E-state index contributed by atoms with van der Waals surface area (Å²) in [4.78, 5) is 22.3. The summed E-state index contributed by atoms with van der Waals surface area (Å²) >= 11 is 0. The van der Waals surface area contributed by atoms with Crippen LogP contribution >= 0.6 is 0 Å². The second-order valence-corrected chi connectivity index (χ2v) is 5.12. The molecule has 1 heterocycles. The molecule has 5 nitrogen and oxygen atoms in total. The first-order valence-corrected chi connectivity index (χ1v) is 6.80. The van der Waals surface area contributed by atoms with Gasteiger partial charge >= 0.3 is 5.97 Å². The summed E-state index contributed by atoms with van der Waals surface area (Å²) in [5.74, 6) is -0.0181. The molecule has 1 unspecified atom stereocenters. The zero-order valence-electron chi connectivity index (χ0n) is 11.5. The van der Waals surface area contributed by atoms with Gasteiger partial charge in [0.05, 0.1) is 13.0 Å². The second-order valence-electron chi connectivity index (χ2n) is 5.12. The average molecular weight is 277 g/mol. The van der Waals surface area contributed by atoms with Crippen LogP contribution in [0.3, 0.4) is 0 Å². The molecule has 1 aliphatic heterocycles. The van der Waals surface area contributed by atoms with E-state index in [0.717, 1.165) is 23.3 Å². The number of hydrogen-bond acceptors (Lipinski definition) is 3. The van der Waals surface area contributed by atoms with E-state index >= 15 is 0 Å². The second kappa shape index (κ2) is 6.41. The minimum atomic E-state index is -0.843. The fourth-order valence-electron chi connectivity index (χ4n) is 2.27. The minimum absolute atomic E-state index is 0.0671. The molecular weight excluding hydrogens is 258 g/mol. The number of carboxylic acids is 1. The van der Waals surface area contributed by atoms with E-state index in [4.69, 9.17) is 9.84 Å². The maximum Gasteiger partial charge on any atom is 0.303 e. The Morgan fingerprint density at radius 1 is 1.45 bits per heavy atom. The van der Waals surface area contributed by atoms with E-state index in [-0.39, 0.29) is 18.4 Å². The van der Waals surface area contributed by atoms with Crippen LogP contribution in [-0.4, -0.2) is 29.6 Å². The van der Waals surface area contributed by atoms with Crippen molar-refractivity contribution in [3.63, 3.8) is 0 Å².